The first-order chi connectivity index (χ1) is 7.64. The second-order valence-electron chi connectivity index (χ2n) is 5.31. The van der Waals surface area contributed by atoms with Crippen LogP contribution in [-0.4, -0.2) is 5.11 Å². The average molecular weight is 281 g/mol. The number of fused-ring (bicyclic) bond motifs is 1. The molecule has 1 N–H and O–H groups in total. The molecule has 86 valence electrons. The van der Waals surface area contributed by atoms with Gasteiger partial charge in [-0.05, 0) is 48.8 Å². The zero-order valence-electron chi connectivity index (χ0n) is 9.54. The van der Waals surface area contributed by atoms with Crippen LogP contribution in [0.25, 0.3) is 0 Å². The van der Waals surface area contributed by atoms with Crippen LogP contribution in [0.2, 0.25) is 0 Å². The lowest BCUT2D eigenvalue weighted by atomic mass is 10.0. The van der Waals surface area contributed by atoms with Gasteiger partial charge in [0.2, 0.25) is 0 Å². The van der Waals surface area contributed by atoms with E-state index in [9.17, 15) is 5.11 Å². The Balaban J connectivity index is 1.98. The lowest BCUT2D eigenvalue weighted by molar-refractivity contribution is 0.117. The second kappa shape index (κ2) is 3.58. The third kappa shape index (κ3) is 1.39. The zero-order chi connectivity index (χ0) is 11.3. The minimum Gasteiger partial charge on any atom is -0.385 e. The Hall–Kier alpha value is -0.340. The van der Waals surface area contributed by atoms with Gasteiger partial charge in [0.1, 0.15) is 0 Å². The van der Waals surface area contributed by atoms with Crippen LogP contribution in [-0.2, 0) is 5.60 Å². The third-order valence-corrected chi connectivity index (χ3v) is 5.00. The summed E-state index contributed by atoms with van der Waals surface area (Å²) in [5, 5.41) is 10.8. The molecule has 2 saturated carbocycles. The van der Waals surface area contributed by atoms with Gasteiger partial charge in [-0.25, -0.2) is 0 Å². The molecule has 0 radical (unpaired) electrons. The quantitative estimate of drug-likeness (QED) is 0.831. The van der Waals surface area contributed by atoms with Crippen LogP contribution in [0.1, 0.15) is 36.8 Å². The Morgan fingerprint density at radius 2 is 1.88 bits per heavy atom. The van der Waals surface area contributed by atoms with Crippen molar-refractivity contribution >= 4 is 15.9 Å². The van der Waals surface area contributed by atoms with Gasteiger partial charge >= 0.3 is 0 Å². The maximum atomic E-state index is 10.8. The van der Waals surface area contributed by atoms with Crippen molar-refractivity contribution in [2.45, 2.75) is 38.2 Å². The predicted molar refractivity (Wildman–Crippen MR) is 68.2 cm³/mol. The lowest BCUT2D eigenvalue weighted by Crippen LogP contribution is -2.11. The van der Waals surface area contributed by atoms with E-state index in [-0.39, 0.29) is 0 Å². The highest BCUT2D eigenvalue weighted by atomic mass is 79.9. The second-order valence-corrected chi connectivity index (χ2v) is 6.16. The Bertz CT molecular complexity index is 415. The van der Waals surface area contributed by atoms with Crippen molar-refractivity contribution in [3.05, 3.63) is 33.8 Å². The van der Waals surface area contributed by atoms with Crippen LogP contribution in [0.5, 0.6) is 0 Å². The molecule has 0 aliphatic heterocycles. The highest BCUT2D eigenvalue weighted by Crippen LogP contribution is 2.65. The van der Waals surface area contributed by atoms with E-state index in [0.717, 1.165) is 10.0 Å². The van der Waals surface area contributed by atoms with E-state index < -0.39 is 5.60 Å². The molecule has 3 rings (SSSR count). The van der Waals surface area contributed by atoms with Crippen molar-refractivity contribution in [3.8, 4) is 0 Å². The maximum Gasteiger partial charge on any atom is 0.0971 e. The van der Waals surface area contributed by atoms with Crippen molar-refractivity contribution in [2.24, 2.45) is 11.8 Å². The Labute approximate surface area is 105 Å². The summed E-state index contributed by atoms with van der Waals surface area (Å²) in [5.74, 6) is 1.03. The van der Waals surface area contributed by atoms with E-state index in [1.54, 1.807) is 0 Å². The van der Waals surface area contributed by atoms with Crippen LogP contribution in [0.15, 0.2) is 22.7 Å². The highest BCUT2D eigenvalue weighted by molar-refractivity contribution is 9.10. The number of hydrogen-bond acceptors (Lipinski definition) is 1. The Morgan fingerprint density at radius 3 is 2.44 bits per heavy atom. The number of aryl methyl sites for hydroxylation is 1. The molecule has 0 heterocycles. The van der Waals surface area contributed by atoms with Gasteiger partial charge in [-0.1, -0.05) is 40.9 Å². The van der Waals surface area contributed by atoms with Crippen molar-refractivity contribution in [2.75, 3.05) is 0 Å². The lowest BCUT2D eigenvalue weighted by Gasteiger charge is -2.14. The minimum absolute atomic E-state index is 0.514. The summed E-state index contributed by atoms with van der Waals surface area (Å²) < 4.78 is 1.07. The van der Waals surface area contributed by atoms with Gasteiger partial charge in [0.05, 0.1) is 5.60 Å². The summed E-state index contributed by atoms with van der Waals surface area (Å²) >= 11 is 3.60. The van der Waals surface area contributed by atoms with Crippen LogP contribution in [0, 0.1) is 18.8 Å². The summed E-state index contributed by atoms with van der Waals surface area (Å²) in [6.45, 7) is 2.08. The summed E-state index contributed by atoms with van der Waals surface area (Å²) in [4.78, 5) is 0. The molecule has 2 fully saturated rings. The average Bonchev–Trinajstić information content (AvgIpc) is 2.86. The molecule has 0 aromatic heterocycles. The molecule has 0 saturated heterocycles. The highest BCUT2D eigenvalue weighted by Gasteiger charge is 2.65. The van der Waals surface area contributed by atoms with Crippen LogP contribution in [0.3, 0.4) is 0 Å². The van der Waals surface area contributed by atoms with Crippen molar-refractivity contribution < 1.29 is 5.11 Å². The van der Waals surface area contributed by atoms with Gasteiger partial charge in [0.15, 0.2) is 0 Å². The standard InChI is InChI=1S/C14H17BrO/c1-9-6-7-12(13(15)8-9)14(16)10-4-2-3-5-11(10)14/h6-8,10-11,16H,2-5H2,1H3. The monoisotopic (exact) mass is 280 g/mol. The molecule has 0 spiro atoms. The molecule has 1 aromatic rings. The van der Waals surface area contributed by atoms with Gasteiger partial charge in [0, 0.05) is 4.47 Å². The summed E-state index contributed by atoms with van der Waals surface area (Å²) in [7, 11) is 0. The normalized spacial score (nSPS) is 36.9. The molecular formula is C14H17BrO. The summed E-state index contributed by atoms with van der Waals surface area (Å²) in [6, 6.07) is 6.30. The van der Waals surface area contributed by atoms with Gasteiger partial charge in [0.25, 0.3) is 0 Å². The first-order valence-corrected chi connectivity index (χ1v) is 6.92. The number of rotatable bonds is 1. The Kier molecular flexibility index (Phi) is 2.41. The molecular weight excluding hydrogens is 264 g/mol. The largest absolute Gasteiger partial charge is 0.385 e. The van der Waals surface area contributed by atoms with E-state index in [1.165, 1.54) is 31.2 Å². The van der Waals surface area contributed by atoms with Crippen molar-refractivity contribution in [1.29, 1.82) is 0 Å². The van der Waals surface area contributed by atoms with E-state index in [0.29, 0.717) is 11.8 Å². The van der Waals surface area contributed by atoms with Crippen LogP contribution < -0.4 is 0 Å². The van der Waals surface area contributed by atoms with Crippen molar-refractivity contribution in [1.82, 2.24) is 0 Å². The SMILES string of the molecule is Cc1ccc(C2(O)C3CCCCC32)c(Br)c1. The fourth-order valence-corrected chi connectivity index (χ4v) is 4.25. The topological polar surface area (TPSA) is 20.2 Å². The molecule has 1 aromatic carbocycles. The molecule has 2 atom stereocenters. The molecule has 2 aliphatic carbocycles. The number of halogens is 1. The van der Waals surface area contributed by atoms with E-state index in [4.69, 9.17) is 0 Å². The first-order valence-electron chi connectivity index (χ1n) is 6.13. The first kappa shape index (κ1) is 10.8. The third-order valence-electron chi connectivity index (χ3n) is 4.34. The summed E-state index contributed by atoms with van der Waals surface area (Å²) in [6.07, 6.45) is 4.96. The van der Waals surface area contributed by atoms with Gasteiger partial charge in [-0.2, -0.15) is 0 Å². The van der Waals surface area contributed by atoms with Gasteiger partial charge in [-0.3, -0.25) is 0 Å². The van der Waals surface area contributed by atoms with Gasteiger partial charge in [-0.15, -0.1) is 0 Å². The summed E-state index contributed by atoms with van der Waals surface area (Å²) in [5.41, 5.74) is 1.82. The maximum absolute atomic E-state index is 10.8. The molecule has 2 heteroatoms. The van der Waals surface area contributed by atoms with Gasteiger partial charge < -0.3 is 5.11 Å². The number of aliphatic hydroxyl groups is 1. The minimum atomic E-state index is -0.525. The molecule has 2 unspecified atom stereocenters. The van der Waals surface area contributed by atoms with Crippen molar-refractivity contribution in [3.63, 3.8) is 0 Å². The van der Waals surface area contributed by atoms with Crippen LogP contribution >= 0.6 is 15.9 Å². The fraction of sp³-hybridized carbons (Fsp3) is 0.571. The molecule has 1 nitrogen and oxygen atoms in total. The number of hydrogen-bond donors (Lipinski definition) is 1. The molecule has 0 bridgehead atoms. The van der Waals surface area contributed by atoms with E-state index in [1.807, 2.05) is 0 Å². The number of benzene rings is 1. The fourth-order valence-electron chi connectivity index (χ4n) is 3.44. The zero-order valence-corrected chi connectivity index (χ0v) is 11.1. The predicted octanol–water partition coefficient (Wildman–Crippen LogP) is 3.77. The smallest absolute Gasteiger partial charge is 0.0971 e. The molecule has 2 aliphatic rings. The van der Waals surface area contributed by atoms with E-state index in [2.05, 4.69) is 41.1 Å². The molecule has 16 heavy (non-hydrogen) atoms. The van der Waals surface area contributed by atoms with E-state index >= 15 is 0 Å². The van der Waals surface area contributed by atoms with Crippen LogP contribution in [0.4, 0.5) is 0 Å². The Morgan fingerprint density at radius 1 is 1.25 bits per heavy atom. The molecule has 0 amide bonds.